The van der Waals surface area contributed by atoms with Crippen LogP contribution in [0.1, 0.15) is 52.7 Å². The van der Waals surface area contributed by atoms with Gasteiger partial charge in [-0.25, -0.2) is 5.43 Å². The van der Waals surface area contributed by atoms with Gasteiger partial charge < -0.3 is 0 Å². The van der Waals surface area contributed by atoms with Crippen molar-refractivity contribution in [1.29, 1.82) is 0 Å². The summed E-state index contributed by atoms with van der Waals surface area (Å²) in [6, 6.07) is 2.05. The van der Waals surface area contributed by atoms with E-state index in [1.807, 2.05) is 6.07 Å². The molecule has 0 saturated heterocycles. The Balaban J connectivity index is 1.69. The average molecular weight is 274 g/mol. The Morgan fingerprint density at radius 1 is 1.26 bits per heavy atom. The first kappa shape index (κ1) is 12.6. The Labute approximate surface area is 117 Å². The number of carbonyl (C=O) groups is 1. The molecule has 4 heteroatoms. The zero-order chi connectivity index (χ0) is 13.2. The summed E-state index contributed by atoms with van der Waals surface area (Å²) < 4.78 is 0. The van der Waals surface area contributed by atoms with Gasteiger partial charge in [0.1, 0.15) is 0 Å². The van der Waals surface area contributed by atoms with Gasteiger partial charge in [-0.3, -0.25) is 4.79 Å². The number of nitrogens with zero attached hydrogens (tertiary/aromatic N) is 1. The number of nitrogens with one attached hydrogen (secondary N) is 1. The minimum atomic E-state index is -0.0650. The maximum Gasteiger partial charge on any atom is 0.281 e. The van der Waals surface area contributed by atoms with Crippen molar-refractivity contribution >= 4 is 23.0 Å². The molecular formula is C15H18N2OS. The molecule has 1 amide bonds. The third-order valence-electron chi connectivity index (χ3n) is 3.71. The van der Waals surface area contributed by atoms with E-state index in [2.05, 4.69) is 23.5 Å². The van der Waals surface area contributed by atoms with Crippen molar-refractivity contribution in [3.8, 4) is 0 Å². The highest BCUT2D eigenvalue weighted by Crippen LogP contribution is 2.29. The van der Waals surface area contributed by atoms with Gasteiger partial charge in [-0.05, 0) is 63.2 Å². The molecule has 3 nitrogen and oxygen atoms in total. The van der Waals surface area contributed by atoms with E-state index in [4.69, 9.17) is 0 Å². The minimum absolute atomic E-state index is 0.0650. The van der Waals surface area contributed by atoms with E-state index in [-0.39, 0.29) is 5.91 Å². The molecule has 0 fully saturated rings. The topological polar surface area (TPSA) is 41.5 Å². The van der Waals surface area contributed by atoms with Gasteiger partial charge in [-0.2, -0.15) is 5.10 Å². The van der Waals surface area contributed by atoms with Crippen molar-refractivity contribution in [2.45, 2.75) is 45.4 Å². The molecule has 2 aliphatic carbocycles. The monoisotopic (exact) mass is 274 g/mol. The number of amides is 1. The first-order valence-electron chi connectivity index (χ1n) is 6.88. The van der Waals surface area contributed by atoms with Gasteiger partial charge in [0, 0.05) is 4.88 Å². The van der Waals surface area contributed by atoms with Crippen molar-refractivity contribution in [2.75, 3.05) is 0 Å². The van der Waals surface area contributed by atoms with Crippen LogP contribution in [0.5, 0.6) is 0 Å². The molecule has 0 bridgehead atoms. The lowest BCUT2D eigenvalue weighted by atomic mass is 9.99. The molecule has 1 heterocycles. The minimum Gasteiger partial charge on any atom is -0.266 e. The first-order chi connectivity index (χ1) is 9.22. The number of allylic oxidation sites excluding steroid dienone is 2. The normalized spacial score (nSPS) is 20.3. The largest absolute Gasteiger partial charge is 0.281 e. The van der Waals surface area contributed by atoms with Crippen LogP contribution in [0.15, 0.2) is 22.8 Å². The molecule has 2 aliphatic rings. The van der Waals surface area contributed by atoms with Gasteiger partial charge in [0.25, 0.3) is 5.91 Å². The molecule has 1 N–H and O–H groups in total. The molecule has 0 radical (unpaired) electrons. The van der Waals surface area contributed by atoms with Crippen molar-refractivity contribution < 1.29 is 4.79 Å². The summed E-state index contributed by atoms with van der Waals surface area (Å²) in [6.07, 6.45) is 8.80. The summed E-state index contributed by atoms with van der Waals surface area (Å²) in [5.41, 5.74) is 6.36. The zero-order valence-electron chi connectivity index (χ0n) is 11.2. The Bertz CT molecular complexity index is 545. The lowest BCUT2D eigenvalue weighted by Crippen LogP contribution is -2.17. The smallest absolute Gasteiger partial charge is 0.266 e. The number of fused-ring (bicyclic) bond motifs is 1. The van der Waals surface area contributed by atoms with Gasteiger partial charge >= 0.3 is 0 Å². The number of rotatable bonds is 2. The van der Waals surface area contributed by atoms with Crippen molar-refractivity contribution in [1.82, 2.24) is 5.43 Å². The predicted molar refractivity (Wildman–Crippen MR) is 78.9 cm³/mol. The Morgan fingerprint density at radius 3 is 2.84 bits per heavy atom. The van der Waals surface area contributed by atoms with E-state index >= 15 is 0 Å². The fourth-order valence-electron chi connectivity index (χ4n) is 2.62. The maximum atomic E-state index is 12.1. The second-order valence-corrected chi connectivity index (χ2v) is 6.44. The number of thiophene rings is 1. The molecule has 19 heavy (non-hydrogen) atoms. The molecule has 100 valence electrons. The van der Waals surface area contributed by atoms with Crippen molar-refractivity contribution in [3.05, 3.63) is 33.0 Å². The van der Waals surface area contributed by atoms with E-state index in [1.54, 1.807) is 11.3 Å². The fraction of sp³-hybridized carbons (Fsp3) is 0.467. The molecule has 0 spiro atoms. The van der Waals surface area contributed by atoms with Crippen LogP contribution in [0.2, 0.25) is 0 Å². The van der Waals surface area contributed by atoms with Crippen LogP contribution < -0.4 is 5.43 Å². The number of hydrogen-bond acceptors (Lipinski definition) is 3. The highest BCUT2D eigenvalue weighted by atomic mass is 32.1. The predicted octanol–water partition coefficient (Wildman–Crippen LogP) is 3.45. The standard InChI is InChI=1S/C15H18N2OS/c1-10-6-7-12(8-10)16-17-15(18)14-9-11-4-2-3-5-13(11)19-14/h8-9H,2-7H2,1H3,(H,17,18)/b16-12+. The van der Waals surface area contributed by atoms with E-state index < -0.39 is 0 Å². The van der Waals surface area contributed by atoms with E-state index in [9.17, 15) is 4.79 Å². The molecule has 0 aliphatic heterocycles. The Kier molecular flexibility index (Phi) is 3.51. The lowest BCUT2D eigenvalue weighted by molar-refractivity contribution is 0.0959. The molecule has 0 saturated carbocycles. The van der Waals surface area contributed by atoms with Crippen LogP contribution in [-0.2, 0) is 12.8 Å². The van der Waals surface area contributed by atoms with Crippen LogP contribution in [0, 0.1) is 0 Å². The van der Waals surface area contributed by atoms with Crippen LogP contribution >= 0.6 is 11.3 Å². The van der Waals surface area contributed by atoms with Crippen molar-refractivity contribution in [3.63, 3.8) is 0 Å². The van der Waals surface area contributed by atoms with Gasteiger partial charge in [0.2, 0.25) is 0 Å². The lowest BCUT2D eigenvalue weighted by Gasteiger charge is -2.08. The van der Waals surface area contributed by atoms with Crippen LogP contribution in [0.25, 0.3) is 0 Å². The molecule has 1 aromatic heterocycles. The van der Waals surface area contributed by atoms with Gasteiger partial charge in [-0.1, -0.05) is 5.57 Å². The third kappa shape index (κ3) is 2.78. The average Bonchev–Trinajstić information content (AvgIpc) is 3.01. The van der Waals surface area contributed by atoms with Crippen LogP contribution in [0.4, 0.5) is 0 Å². The zero-order valence-corrected chi connectivity index (χ0v) is 12.0. The summed E-state index contributed by atoms with van der Waals surface area (Å²) in [5.74, 6) is -0.0650. The SMILES string of the molecule is CC1=C/C(=N/NC(=O)c2cc3c(s2)CCCC3)CC1. The number of hydrogen-bond donors (Lipinski definition) is 1. The number of aryl methyl sites for hydroxylation is 2. The second kappa shape index (κ2) is 5.29. The highest BCUT2D eigenvalue weighted by Gasteiger charge is 2.17. The highest BCUT2D eigenvalue weighted by molar-refractivity contribution is 7.14. The molecular weight excluding hydrogens is 256 g/mol. The van der Waals surface area contributed by atoms with Crippen molar-refractivity contribution in [2.24, 2.45) is 5.10 Å². The molecule has 1 aromatic rings. The second-order valence-electron chi connectivity index (χ2n) is 5.30. The number of hydrazone groups is 1. The maximum absolute atomic E-state index is 12.1. The molecule has 0 aromatic carbocycles. The van der Waals surface area contributed by atoms with Gasteiger partial charge in [0.15, 0.2) is 0 Å². The van der Waals surface area contributed by atoms with Crippen LogP contribution in [0.3, 0.4) is 0 Å². The van der Waals surface area contributed by atoms with E-state index in [0.29, 0.717) is 0 Å². The van der Waals surface area contributed by atoms with Gasteiger partial charge in [0.05, 0.1) is 10.6 Å². The first-order valence-corrected chi connectivity index (χ1v) is 7.69. The molecule has 0 unspecified atom stereocenters. The third-order valence-corrected chi connectivity index (χ3v) is 4.95. The summed E-state index contributed by atoms with van der Waals surface area (Å²) in [4.78, 5) is 14.3. The van der Waals surface area contributed by atoms with E-state index in [0.717, 1.165) is 36.3 Å². The summed E-state index contributed by atoms with van der Waals surface area (Å²) in [6.45, 7) is 2.09. The summed E-state index contributed by atoms with van der Waals surface area (Å²) >= 11 is 1.63. The number of carbonyl (C=O) groups excluding carboxylic acids is 1. The quantitative estimate of drug-likeness (QED) is 0.825. The molecule has 0 atom stereocenters. The summed E-state index contributed by atoms with van der Waals surface area (Å²) in [7, 11) is 0. The summed E-state index contributed by atoms with van der Waals surface area (Å²) in [5, 5.41) is 4.20. The Morgan fingerprint density at radius 2 is 2.11 bits per heavy atom. The van der Waals surface area contributed by atoms with Gasteiger partial charge in [-0.15, -0.1) is 11.3 Å². The Hall–Kier alpha value is -1.42. The van der Waals surface area contributed by atoms with Crippen LogP contribution in [-0.4, -0.2) is 11.6 Å². The van der Waals surface area contributed by atoms with E-state index in [1.165, 1.54) is 28.9 Å². The molecule has 3 rings (SSSR count). The fourth-order valence-corrected chi connectivity index (χ4v) is 3.77.